The molecule has 0 aliphatic carbocycles. The van der Waals surface area contributed by atoms with Crippen LogP contribution in [0.5, 0.6) is 0 Å². The third kappa shape index (κ3) is 8.15. The zero-order chi connectivity index (χ0) is 38.9. The van der Waals surface area contributed by atoms with E-state index in [0.717, 1.165) is 21.3 Å². The molecule has 11 N–H and O–H groups in total. The monoisotopic (exact) mass is 764 g/mol. The summed E-state index contributed by atoms with van der Waals surface area (Å²) in [6, 6.07) is 0. The van der Waals surface area contributed by atoms with Gasteiger partial charge in [0.15, 0.2) is 49.6 Å². The van der Waals surface area contributed by atoms with Gasteiger partial charge in [-0.1, -0.05) is 0 Å². The van der Waals surface area contributed by atoms with Crippen LogP contribution >= 0.6 is 0 Å². The molecule has 52 heavy (non-hydrogen) atoms. The van der Waals surface area contributed by atoms with E-state index in [9.17, 15) is 75.3 Å². The van der Waals surface area contributed by atoms with Crippen LogP contribution in [-0.2, 0) is 66.5 Å². The van der Waals surface area contributed by atoms with E-state index in [1.807, 2.05) is 0 Å². The van der Waals surface area contributed by atoms with E-state index in [4.69, 9.17) is 33.2 Å². The summed E-state index contributed by atoms with van der Waals surface area (Å²) in [5.74, 6) is -5.72. The molecule has 0 bridgehead atoms. The van der Waals surface area contributed by atoms with Crippen LogP contribution in [0.15, 0.2) is 0 Å². The molecule has 25 heteroatoms. The van der Waals surface area contributed by atoms with Gasteiger partial charge in [-0.2, -0.15) is 0 Å². The summed E-state index contributed by atoms with van der Waals surface area (Å²) < 4.78 is 50.6. The van der Waals surface area contributed by atoms with Gasteiger partial charge >= 0.3 is 23.9 Å². The van der Waals surface area contributed by atoms with Crippen molar-refractivity contribution in [2.24, 2.45) is 0 Å². The second kappa shape index (κ2) is 17.1. The van der Waals surface area contributed by atoms with Crippen LogP contribution in [0.1, 0.15) is 0 Å². The predicted molar refractivity (Wildman–Crippen MR) is 149 cm³/mol. The lowest BCUT2D eigenvalue weighted by atomic mass is 9.95. The number of aliphatic hydroxyl groups excluding tert-OH is 10. The summed E-state index contributed by atoms with van der Waals surface area (Å²) in [6.07, 6.45) is -43.2. The van der Waals surface area contributed by atoms with E-state index in [2.05, 4.69) is 14.2 Å². The normalized spacial score (nSPS) is 46.9. The van der Waals surface area contributed by atoms with Gasteiger partial charge in [0.05, 0.1) is 21.3 Å². The Kier molecular flexibility index (Phi) is 13.8. The average Bonchev–Trinajstić information content (AvgIpc) is 3.12. The maximum absolute atomic E-state index is 12.8. The Bertz CT molecular complexity index is 1270. The molecule has 20 atom stereocenters. The van der Waals surface area contributed by atoms with E-state index in [1.165, 1.54) is 0 Å². The molecule has 4 rings (SSSR count). The van der Waals surface area contributed by atoms with Crippen molar-refractivity contribution in [3.8, 4) is 0 Å². The van der Waals surface area contributed by atoms with Crippen LogP contribution in [0.2, 0.25) is 0 Å². The van der Waals surface area contributed by atoms with Crippen LogP contribution < -0.4 is 0 Å². The quantitative estimate of drug-likeness (QED) is 0.0726. The van der Waals surface area contributed by atoms with Crippen LogP contribution in [0, 0.1) is 0 Å². The van der Waals surface area contributed by atoms with Crippen LogP contribution in [0.4, 0.5) is 0 Å². The number of aliphatic carboxylic acids is 1. The maximum Gasteiger partial charge on any atom is 0.337 e. The molecule has 20 unspecified atom stereocenters. The maximum atomic E-state index is 12.8. The molecule has 4 aliphatic heterocycles. The number of hydrogen-bond acceptors (Lipinski definition) is 24. The molecule has 4 heterocycles. The number of carboxylic acid groups (broad SMARTS) is 1. The Balaban J connectivity index is 1.54. The largest absolute Gasteiger partial charge is 0.479 e. The van der Waals surface area contributed by atoms with Gasteiger partial charge < -0.3 is 104 Å². The zero-order valence-electron chi connectivity index (χ0n) is 27.2. The van der Waals surface area contributed by atoms with Crippen molar-refractivity contribution in [1.29, 1.82) is 0 Å². The highest BCUT2D eigenvalue weighted by molar-refractivity contribution is 5.77. The molecule has 0 aromatic carbocycles. The van der Waals surface area contributed by atoms with E-state index in [1.54, 1.807) is 0 Å². The first-order valence-electron chi connectivity index (χ1n) is 15.2. The second-order valence-electron chi connectivity index (χ2n) is 11.8. The Labute approximate surface area is 291 Å². The van der Waals surface area contributed by atoms with Gasteiger partial charge in [0, 0.05) is 0 Å². The number of carbonyl (C=O) groups excluding carboxylic acids is 3. The topological polar surface area (TPSA) is 383 Å². The first-order valence-corrected chi connectivity index (χ1v) is 15.2. The van der Waals surface area contributed by atoms with Gasteiger partial charge in [-0.15, -0.1) is 0 Å². The van der Waals surface area contributed by atoms with Crippen LogP contribution in [0.3, 0.4) is 0 Å². The number of carbonyl (C=O) groups is 4. The smallest absolute Gasteiger partial charge is 0.337 e. The molecular weight excluding hydrogens is 724 g/mol. The fraction of sp³-hybridized carbons (Fsp3) is 0.852. The van der Waals surface area contributed by atoms with Crippen molar-refractivity contribution < 1.29 is 123 Å². The predicted octanol–water partition coefficient (Wildman–Crippen LogP) is -9.11. The van der Waals surface area contributed by atoms with E-state index < -0.39 is 147 Å². The van der Waals surface area contributed by atoms with Gasteiger partial charge in [0.1, 0.15) is 73.2 Å². The number of rotatable bonds is 10. The minimum Gasteiger partial charge on any atom is -0.479 e. The van der Waals surface area contributed by atoms with E-state index >= 15 is 0 Å². The lowest BCUT2D eigenvalue weighted by molar-refractivity contribution is -0.378. The number of methoxy groups -OCH3 is 3. The van der Waals surface area contributed by atoms with Gasteiger partial charge in [0.25, 0.3) is 0 Å². The molecule has 0 amide bonds. The Hall–Kier alpha value is -2.80. The van der Waals surface area contributed by atoms with E-state index in [-0.39, 0.29) is 0 Å². The van der Waals surface area contributed by atoms with Crippen molar-refractivity contribution in [2.45, 2.75) is 123 Å². The highest BCUT2D eigenvalue weighted by Crippen LogP contribution is 2.35. The van der Waals surface area contributed by atoms with Crippen LogP contribution in [0.25, 0.3) is 0 Å². The van der Waals surface area contributed by atoms with Gasteiger partial charge in [-0.3, -0.25) is 0 Å². The molecule has 4 fully saturated rings. The van der Waals surface area contributed by atoms with Gasteiger partial charge in [-0.05, 0) is 0 Å². The second-order valence-corrected chi connectivity index (χ2v) is 11.8. The summed E-state index contributed by atoms with van der Waals surface area (Å²) in [4.78, 5) is 49.3. The molecule has 0 spiro atoms. The average molecular weight is 765 g/mol. The Morgan fingerprint density at radius 3 is 1.15 bits per heavy atom. The van der Waals surface area contributed by atoms with Crippen molar-refractivity contribution in [3.63, 3.8) is 0 Å². The molecule has 298 valence electrons. The fourth-order valence-corrected chi connectivity index (χ4v) is 5.75. The molecular formula is C27H40O25. The lowest BCUT2D eigenvalue weighted by Crippen LogP contribution is -2.68. The van der Waals surface area contributed by atoms with Crippen molar-refractivity contribution >= 4 is 23.9 Å². The Morgan fingerprint density at radius 2 is 0.731 bits per heavy atom. The number of hydrogen-bond donors (Lipinski definition) is 11. The molecule has 4 aliphatic rings. The highest BCUT2D eigenvalue weighted by Gasteiger charge is 2.58. The van der Waals surface area contributed by atoms with Crippen molar-refractivity contribution in [2.75, 3.05) is 21.3 Å². The summed E-state index contributed by atoms with van der Waals surface area (Å²) in [6.45, 7) is 0. The van der Waals surface area contributed by atoms with Gasteiger partial charge in [-0.25, -0.2) is 19.2 Å². The number of aliphatic hydroxyl groups is 10. The molecule has 0 aromatic heterocycles. The number of esters is 3. The lowest BCUT2D eigenvalue weighted by Gasteiger charge is -2.48. The SMILES string of the molecule is COC(=O)C1OC(OC2C(C(=O)O)OC(OC3C(C(=O)OC)OC(OC4C(C(=O)OC)OC(O)C(O)C4O)C(O)C3O)C(O)C2O)C(O)C(O)C1O. The van der Waals surface area contributed by atoms with Gasteiger partial charge in [0.2, 0.25) is 0 Å². The third-order valence-electron chi connectivity index (χ3n) is 8.64. The molecule has 0 aromatic rings. The molecule has 0 saturated carbocycles. The Morgan fingerprint density at radius 1 is 0.404 bits per heavy atom. The standard InChI is InChI=1S/C27H40O25/c1-43-22(40)16-5(29)4(28)10(34)25(50-16)47-13-7(31)11(35)26(51-17(13)20(37)38)49-15-8(32)12(36)27(52-19(15)24(42)45-3)48-14-6(30)9(33)21(39)46-18(14)23(41)44-2/h4-19,21,25-36,39H,1-3H3,(H,37,38). The zero-order valence-corrected chi connectivity index (χ0v) is 27.2. The molecule has 25 nitrogen and oxygen atoms in total. The minimum absolute atomic E-state index is 0.848. The molecule has 0 radical (unpaired) electrons. The first-order chi connectivity index (χ1) is 24.4. The number of ether oxygens (including phenoxy) is 10. The summed E-state index contributed by atoms with van der Waals surface area (Å²) in [7, 11) is 2.66. The van der Waals surface area contributed by atoms with Crippen molar-refractivity contribution in [3.05, 3.63) is 0 Å². The third-order valence-corrected chi connectivity index (χ3v) is 8.64. The van der Waals surface area contributed by atoms with Crippen molar-refractivity contribution in [1.82, 2.24) is 0 Å². The minimum atomic E-state index is -2.35. The summed E-state index contributed by atoms with van der Waals surface area (Å²) in [5.41, 5.74) is 0. The summed E-state index contributed by atoms with van der Waals surface area (Å²) in [5, 5.41) is 115. The van der Waals surface area contributed by atoms with E-state index in [0.29, 0.717) is 0 Å². The fourth-order valence-electron chi connectivity index (χ4n) is 5.75. The highest BCUT2D eigenvalue weighted by atomic mass is 16.8. The first kappa shape index (κ1) is 41.9. The molecule has 4 saturated heterocycles. The number of carboxylic acids is 1. The van der Waals surface area contributed by atoms with Crippen LogP contribution in [-0.4, -0.2) is 224 Å². The summed E-state index contributed by atoms with van der Waals surface area (Å²) >= 11 is 0.